The van der Waals surface area contributed by atoms with Crippen molar-refractivity contribution in [3.63, 3.8) is 0 Å². The fourth-order valence-electron chi connectivity index (χ4n) is 2.32. The van der Waals surface area contributed by atoms with E-state index in [-0.39, 0.29) is 18.6 Å². The van der Waals surface area contributed by atoms with Gasteiger partial charge in [0, 0.05) is 5.69 Å². The topological polar surface area (TPSA) is 89.3 Å². The van der Waals surface area contributed by atoms with Crippen LogP contribution >= 0.6 is 0 Å². The Balaban J connectivity index is 1.52. The third-order valence-corrected chi connectivity index (χ3v) is 3.43. The van der Waals surface area contributed by atoms with Crippen LogP contribution in [0, 0.1) is 6.92 Å². The summed E-state index contributed by atoms with van der Waals surface area (Å²) in [5, 5.41) is 9.75. The lowest BCUT2D eigenvalue weighted by Crippen LogP contribution is -2.35. The minimum Gasteiger partial charge on any atom is -0.484 e. The van der Waals surface area contributed by atoms with Crippen LogP contribution in [0.1, 0.15) is 24.6 Å². The molecule has 7 heteroatoms. The highest BCUT2D eigenvalue weighted by Gasteiger charge is 2.21. The lowest BCUT2D eigenvalue weighted by Gasteiger charge is -2.11. The van der Waals surface area contributed by atoms with Gasteiger partial charge < -0.3 is 19.9 Å². The lowest BCUT2D eigenvalue weighted by molar-refractivity contribution is -0.117. The van der Waals surface area contributed by atoms with Crippen molar-refractivity contribution in [2.24, 2.45) is 0 Å². The van der Waals surface area contributed by atoms with E-state index < -0.39 is 0 Å². The van der Waals surface area contributed by atoms with Gasteiger partial charge in [-0.3, -0.25) is 4.79 Å². The van der Waals surface area contributed by atoms with Crippen LogP contribution in [0.15, 0.2) is 28.8 Å². The molecule has 1 unspecified atom stereocenters. The second kappa shape index (κ2) is 6.57. The highest BCUT2D eigenvalue weighted by atomic mass is 16.5. The van der Waals surface area contributed by atoms with E-state index in [1.54, 1.807) is 31.2 Å². The van der Waals surface area contributed by atoms with E-state index in [1.165, 1.54) is 0 Å². The molecule has 1 aromatic carbocycles. The molecule has 2 N–H and O–H groups in total. The van der Waals surface area contributed by atoms with Crippen LogP contribution < -0.4 is 15.4 Å². The minimum absolute atomic E-state index is 0.00695. The van der Waals surface area contributed by atoms with Crippen molar-refractivity contribution < 1.29 is 14.1 Å². The minimum atomic E-state index is -0.0864. The first-order chi connectivity index (χ1) is 10.7. The predicted molar refractivity (Wildman–Crippen MR) is 79.5 cm³/mol. The summed E-state index contributed by atoms with van der Waals surface area (Å²) < 4.78 is 10.5. The van der Waals surface area contributed by atoms with Gasteiger partial charge in [0.1, 0.15) is 5.75 Å². The fraction of sp³-hybridized carbons (Fsp3) is 0.400. The number of amides is 1. The largest absolute Gasteiger partial charge is 0.484 e. The van der Waals surface area contributed by atoms with Crippen molar-refractivity contribution >= 4 is 11.6 Å². The SMILES string of the molecule is Cc1noc(COc2ccc(NC(=O)C3CCCN3)cc2)n1. The highest BCUT2D eigenvalue weighted by molar-refractivity contribution is 5.95. The first-order valence-electron chi connectivity index (χ1n) is 7.27. The van der Waals surface area contributed by atoms with E-state index in [1.807, 2.05) is 0 Å². The summed E-state index contributed by atoms with van der Waals surface area (Å²) in [5.74, 6) is 1.69. The van der Waals surface area contributed by atoms with E-state index in [9.17, 15) is 4.79 Å². The summed E-state index contributed by atoms with van der Waals surface area (Å²) in [4.78, 5) is 16.0. The third-order valence-electron chi connectivity index (χ3n) is 3.43. The van der Waals surface area contributed by atoms with Gasteiger partial charge in [-0.2, -0.15) is 4.98 Å². The fourth-order valence-corrected chi connectivity index (χ4v) is 2.32. The van der Waals surface area contributed by atoms with Crippen LogP contribution in [0.3, 0.4) is 0 Å². The normalized spacial score (nSPS) is 17.4. The van der Waals surface area contributed by atoms with Crippen LogP contribution in [0.5, 0.6) is 5.75 Å². The zero-order valence-electron chi connectivity index (χ0n) is 12.3. The van der Waals surface area contributed by atoms with E-state index in [0.29, 0.717) is 17.5 Å². The summed E-state index contributed by atoms with van der Waals surface area (Å²) in [6.07, 6.45) is 1.93. The number of hydrogen-bond acceptors (Lipinski definition) is 6. The van der Waals surface area contributed by atoms with Gasteiger partial charge in [-0.25, -0.2) is 0 Å². The maximum Gasteiger partial charge on any atom is 0.264 e. The number of ether oxygens (including phenoxy) is 1. The first kappa shape index (κ1) is 14.5. The van der Waals surface area contributed by atoms with Crippen LogP contribution in [0.2, 0.25) is 0 Å². The molecule has 1 aliphatic rings. The third kappa shape index (κ3) is 3.62. The first-order valence-corrected chi connectivity index (χ1v) is 7.27. The molecule has 1 saturated heterocycles. The number of aryl methyl sites for hydroxylation is 1. The van der Waals surface area contributed by atoms with Gasteiger partial charge >= 0.3 is 0 Å². The van der Waals surface area contributed by atoms with Gasteiger partial charge in [0.05, 0.1) is 6.04 Å². The second-order valence-corrected chi connectivity index (χ2v) is 5.19. The summed E-state index contributed by atoms with van der Waals surface area (Å²) in [7, 11) is 0. The van der Waals surface area contributed by atoms with Gasteiger partial charge in [0.15, 0.2) is 12.4 Å². The van der Waals surface area contributed by atoms with E-state index in [0.717, 1.165) is 25.1 Å². The zero-order chi connectivity index (χ0) is 15.4. The number of aromatic nitrogens is 2. The number of carbonyl (C=O) groups excluding carboxylic acids is 1. The van der Waals surface area contributed by atoms with Gasteiger partial charge in [-0.15, -0.1) is 0 Å². The Morgan fingerprint density at radius 2 is 2.27 bits per heavy atom. The Kier molecular flexibility index (Phi) is 4.34. The van der Waals surface area contributed by atoms with Gasteiger partial charge in [0.2, 0.25) is 5.91 Å². The molecule has 2 heterocycles. The van der Waals surface area contributed by atoms with Crippen molar-refractivity contribution in [3.8, 4) is 5.75 Å². The van der Waals surface area contributed by atoms with Crippen LogP contribution in [-0.2, 0) is 11.4 Å². The van der Waals surface area contributed by atoms with Crippen LogP contribution in [0.4, 0.5) is 5.69 Å². The molecule has 0 spiro atoms. The second-order valence-electron chi connectivity index (χ2n) is 5.19. The average Bonchev–Trinajstić information content (AvgIpc) is 3.18. The molecule has 0 aliphatic carbocycles. The van der Waals surface area contributed by atoms with Crippen molar-refractivity contribution in [2.75, 3.05) is 11.9 Å². The smallest absolute Gasteiger partial charge is 0.264 e. The molecule has 1 atom stereocenters. The van der Waals surface area contributed by atoms with Gasteiger partial charge in [0.25, 0.3) is 5.89 Å². The molecule has 0 saturated carbocycles. The number of carbonyl (C=O) groups is 1. The molecule has 1 fully saturated rings. The molecule has 22 heavy (non-hydrogen) atoms. The van der Waals surface area contributed by atoms with Gasteiger partial charge in [-0.05, 0) is 50.6 Å². The number of anilines is 1. The number of nitrogens with one attached hydrogen (secondary N) is 2. The molecule has 2 aromatic rings. The quantitative estimate of drug-likeness (QED) is 0.873. The Labute approximate surface area is 128 Å². The average molecular weight is 302 g/mol. The molecule has 7 nitrogen and oxygen atoms in total. The van der Waals surface area contributed by atoms with E-state index >= 15 is 0 Å². The van der Waals surface area contributed by atoms with Crippen molar-refractivity contribution in [1.82, 2.24) is 15.5 Å². The number of hydrogen-bond donors (Lipinski definition) is 2. The molecule has 1 aliphatic heterocycles. The van der Waals surface area contributed by atoms with Crippen LogP contribution in [0.25, 0.3) is 0 Å². The summed E-state index contributed by atoms with van der Waals surface area (Å²) >= 11 is 0. The van der Waals surface area contributed by atoms with E-state index in [2.05, 4.69) is 20.8 Å². The highest BCUT2D eigenvalue weighted by Crippen LogP contribution is 2.17. The summed E-state index contributed by atoms with van der Waals surface area (Å²) in [6.45, 7) is 2.88. The molecule has 1 aromatic heterocycles. The molecule has 0 radical (unpaired) electrons. The zero-order valence-corrected chi connectivity index (χ0v) is 12.3. The standard InChI is InChI=1S/C15H18N4O3/c1-10-17-14(22-19-10)9-21-12-6-4-11(5-7-12)18-15(20)13-3-2-8-16-13/h4-7,13,16H,2-3,8-9H2,1H3,(H,18,20). The van der Waals surface area contributed by atoms with Crippen molar-refractivity contribution in [1.29, 1.82) is 0 Å². The van der Waals surface area contributed by atoms with Crippen molar-refractivity contribution in [2.45, 2.75) is 32.4 Å². The molecule has 116 valence electrons. The van der Waals surface area contributed by atoms with E-state index in [4.69, 9.17) is 9.26 Å². The Morgan fingerprint density at radius 3 is 2.91 bits per heavy atom. The Hall–Kier alpha value is -2.41. The summed E-state index contributed by atoms with van der Waals surface area (Å²) in [5.41, 5.74) is 0.750. The monoisotopic (exact) mass is 302 g/mol. The number of rotatable bonds is 5. The molecule has 0 bridgehead atoms. The molecular weight excluding hydrogens is 284 g/mol. The Morgan fingerprint density at radius 1 is 1.45 bits per heavy atom. The predicted octanol–water partition coefficient (Wildman–Crippen LogP) is 1.65. The molecular formula is C15H18N4O3. The van der Waals surface area contributed by atoms with Crippen molar-refractivity contribution in [3.05, 3.63) is 36.0 Å². The lowest BCUT2D eigenvalue weighted by atomic mass is 10.2. The summed E-state index contributed by atoms with van der Waals surface area (Å²) in [6, 6.07) is 7.11. The van der Waals surface area contributed by atoms with Crippen LogP contribution in [-0.4, -0.2) is 28.6 Å². The maximum atomic E-state index is 12.0. The number of nitrogens with zero attached hydrogens (tertiary/aromatic N) is 2. The maximum absolute atomic E-state index is 12.0. The molecule has 1 amide bonds. The van der Waals surface area contributed by atoms with Gasteiger partial charge in [-0.1, -0.05) is 5.16 Å². The Bertz CT molecular complexity index is 632. The number of benzene rings is 1. The molecule has 3 rings (SSSR count).